The molecule has 0 aliphatic heterocycles. The van der Waals surface area contributed by atoms with E-state index in [1.54, 1.807) is 83.5 Å². The summed E-state index contributed by atoms with van der Waals surface area (Å²) in [6.07, 6.45) is 11.2. The Morgan fingerprint density at radius 2 is 0.467 bits per heavy atom. The molecule has 3 fully saturated rings. The highest BCUT2D eigenvalue weighted by Gasteiger charge is 2.73. The highest BCUT2D eigenvalue weighted by molar-refractivity contribution is 6.05. The van der Waals surface area contributed by atoms with E-state index >= 15 is 0 Å². The second-order valence-corrected chi connectivity index (χ2v) is 36.7. The van der Waals surface area contributed by atoms with Gasteiger partial charge in [-0.05, 0) is 268 Å². The summed E-state index contributed by atoms with van der Waals surface area (Å²) in [5, 5.41) is 8.24. The summed E-state index contributed by atoms with van der Waals surface area (Å²) in [5.41, 5.74) is 36.9. The lowest BCUT2D eigenvalue weighted by molar-refractivity contribution is 0.0821. The molecule has 12 aliphatic rings. The van der Waals surface area contributed by atoms with Crippen molar-refractivity contribution in [2.45, 2.75) is 298 Å². The average molecular weight is 1790 g/mol. The molecule has 0 aromatic heterocycles. The van der Waals surface area contributed by atoms with Gasteiger partial charge in [-0.25, -0.2) is 0 Å². The van der Waals surface area contributed by atoms with Crippen LogP contribution >= 0.6 is 0 Å². The van der Waals surface area contributed by atoms with Crippen LogP contribution in [-0.2, 0) is 35.5 Å². The fourth-order valence-electron chi connectivity index (χ4n) is 26.5. The van der Waals surface area contributed by atoms with Crippen molar-refractivity contribution in [1.29, 1.82) is 0 Å². The van der Waals surface area contributed by atoms with Gasteiger partial charge in [-0.1, -0.05) is 542 Å². The fraction of sp³-hybridized carbons (Fsp3) is 0.378. The Labute approximate surface area is 821 Å². The van der Waals surface area contributed by atoms with E-state index < -0.39 is 0 Å². The monoisotopic (exact) mass is 1790 g/mol. The summed E-state index contributed by atoms with van der Waals surface area (Å²) in [6.45, 7) is 49.5. The second-order valence-electron chi connectivity index (χ2n) is 36.7. The van der Waals surface area contributed by atoms with Crippen LogP contribution in [0.2, 0.25) is 0 Å². The molecule has 135 heavy (non-hydrogen) atoms. The van der Waals surface area contributed by atoms with Crippen LogP contribution in [0.4, 0.5) is 0 Å². The van der Waals surface area contributed by atoms with Crippen molar-refractivity contribution in [2.75, 3.05) is 0 Å². The van der Waals surface area contributed by atoms with Gasteiger partial charge in [0.1, 0.15) is 0 Å². The number of hydrogen-bond donors (Lipinski definition) is 0. The average Bonchev–Trinajstić information content (AvgIpc) is 1.48. The van der Waals surface area contributed by atoms with Crippen molar-refractivity contribution >= 4 is 32.3 Å². The molecule has 6 unspecified atom stereocenters. The van der Waals surface area contributed by atoms with Crippen molar-refractivity contribution in [1.82, 2.24) is 0 Å². The maximum Gasteiger partial charge on any atom is 0.0509 e. The molecule has 15 aromatic carbocycles. The maximum atomic E-state index is 2.54. The van der Waals surface area contributed by atoms with Gasteiger partial charge in [0.25, 0.3) is 0 Å². The van der Waals surface area contributed by atoms with Crippen molar-refractivity contribution in [2.24, 2.45) is 35.5 Å². The SMILES string of the molecule is C.C.C.CC.CC.CC.CC.CC.CC.CCC.CCC.CCC.CCC.CCC.CCC.c1ccc2c(c1)C[C@@H]1[C@H]3C(c4ccccc4C34c3ccccc3-c3c4ccc4ccccc34)[C@H]21.c1ccc2c(c1)C[C@@H]1[C@H]3C(c4ccccc4C34c3ccccc3-c3cc5ccccc5cc34)[C@H]21.c1ccc2c(c1)C[C@@H]1[C@H]3C(c4ccccc4C34c3ccccc3-c3ccc5ccccc5c34)[C@H]21. The van der Waals surface area contributed by atoms with Crippen LogP contribution in [0.3, 0.4) is 0 Å². The molecule has 0 heterocycles. The van der Waals surface area contributed by atoms with Gasteiger partial charge in [-0.15, -0.1) is 0 Å². The molecule has 0 bridgehead atoms. The third-order valence-electron chi connectivity index (χ3n) is 29.3. The standard InChI is InChI=1S/3C34H24.6C3H8.6C2H6.3CH4/c1-4-12-23-20(9-1)17-18-25-24-13-5-7-15-28(24)34(32(23)25)29-16-8-6-14-26(29)31-30-22-11-3-2-10-21(22)19-27(30)33(31)34;1-3-11-22-20(9-1)17-18-29-30(22)24-13-5-7-15-27(24)34(29)28-16-8-6-14-25(28)32-31-23-12-4-2-10-21(23)19-26(31)33(32)34;1-2-10-21-19-30-26(17-20(21)9-1)24-13-5-7-15-28(24)34(30)29-16-8-6-14-25(29)32-31-23-12-4-3-11-22(23)18-27(31)33(32)34;6*1-3-2;6*1-2;;;/h1-18,27,30-31,33H,19H2;1-18,26,31-33H,19H2;1-17,19,27,31-33H,18H2;6*3H2,1-2H3;6*1-2H3;3*1H4/t27-,30+,31?,33-,34?;26-,31+,32?,33-,34?;27-,31+,32?,33-,34?;;;;;;;;;;;;;;;/m000.............../s1. The molecule has 0 amide bonds. The van der Waals surface area contributed by atoms with E-state index in [0.29, 0.717) is 71.0 Å². The van der Waals surface area contributed by atoms with E-state index in [1.807, 2.05) is 83.1 Å². The van der Waals surface area contributed by atoms with Gasteiger partial charge in [0.2, 0.25) is 0 Å². The minimum atomic E-state index is -0.0583. The first-order valence-electron chi connectivity index (χ1n) is 52.5. The van der Waals surface area contributed by atoms with Gasteiger partial charge in [-0.3, -0.25) is 0 Å². The summed E-state index contributed by atoms with van der Waals surface area (Å²) in [7, 11) is 0. The topological polar surface area (TPSA) is 0 Å². The molecule has 0 saturated heterocycles. The van der Waals surface area contributed by atoms with Gasteiger partial charge in [0.05, 0.1) is 16.2 Å². The predicted molar refractivity (Wildman–Crippen MR) is 599 cm³/mol. The van der Waals surface area contributed by atoms with E-state index in [1.165, 1.54) is 140 Å². The number of benzene rings is 15. The summed E-state index contributed by atoms with van der Waals surface area (Å²) in [5.74, 6) is 7.76. The van der Waals surface area contributed by atoms with Crippen LogP contribution in [0.5, 0.6) is 0 Å². The first-order valence-corrected chi connectivity index (χ1v) is 52.5. The Bertz CT molecular complexity index is 6180. The van der Waals surface area contributed by atoms with Crippen molar-refractivity contribution in [3.8, 4) is 33.4 Å². The van der Waals surface area contributed by atoms with Crippen LogP contribution in [0.15, 0.2) is 328 Å². The lowest BCUT2D eigenvalue weighted by Crippen LogP contribution is -2.48. The van der Waals surface area contributed by atoms with Crippen molar-refractivity contribution in [3.63, 3.8) is 0 Å². The van der Waals surface area contributed by atoms with E-state index in [4.69, 9.17) is 0 Å². The first-order chi connectivity index (χ1) is 65.1. The molecule has 708 valence electrons. The minimum Gasteiger partial charge on any atom is -0.0776 e. The van der Waals surface area contributed by atoms with Crippen LogP contribution in [0, 0.1) is 35.5 Å². The Kier molecular flexibility index (Phi) is 37.5. The van der Waals surface area contributed by atoms with Crippen LogP contribution < -0.4 is 0 Å². The van der Waals surface area contributed by atoms with Crippen LogP contribution in [0.1, 0.15) is 363 Å². The number of fused-ring (bicyclic) bond motifs is 50. The third kappa shape index (κ3) is 16.9. The Hall–Kier alpha value is -10.9. The number of hydrogen-bond acceptors (Lipinski definition) is 0. The van der Waals surface area contributed by atoms with E-state index in [9.17, 15) is 0 Å². The maximum absolute atomic E-state index is 2.54. The van der Waals surface area contributed by atoms with E-state index in [2.05, 4.69) is 411 Å². The molecular formula is C135H168. The molecule has 0 heteroatoms. The zero-order valence-electron chi connectivity index (χ0n) is 85.0. The Morgan fingerprint density at radius 3 is 0.874 bits per heavy atom. The molecule has 27 rings (SSSR count). The molecule has 15 aromatic rings. The van der Waals surface area contributed by atoms with Crippen molar-refractivity contribution < 1.29 is 0 Å². The van der Waals surface area contributed by atoms with Gasteiger partial charge < -0.3 is 0 Å². The fourth-order valence-corrected chi connectivity index (χ4v) is 26.5. The van der Waals surface area contributed by atoms with E-state index in [-0.39, 0.29) is 38.5 Å². The predicted octanol–water partition coefficient (Wildman–Crippen LogP) is 40.1. The smallest absolute Gasteiger partial charge is 0.0509 e. The molecule has 3 saturated carbocycles. The zero-order valence-corrected chi connectivity index (χ0v) is 85.0. The Morgan fingerprint density at radius 1 is 0.200 bits per heavy atom. The summed E-state index contributed by atoms with van der Waals surface area (Å²) in [6, 6.07) is 126. The quantitative estimate of drug-likeness (QED) is 0.142. The summed E-state index contributed by atoms with van der Waals surface area (Å²) >= 11 is 0. The molecule has 0 radical (unpaired) electrons. The molecule has 12 aliphatic carbocycles. The Balaban J connectivity index is 0.000000181. The first kappa shape index (κ1) is 106. The highest BCUT2D eigenvalue weighted by atomic mass is 14.8. The zero-order chi connectivity index (χ0) is 94.3. The third-order valence-corrected chi connectivity index (χ3v) is 29.3. The molecule has 0 nitrogen and oxygen atoms in total. The second kappa shape index (κ2) is 47.7. The minimum absolute atomic E-state index is 0. The molecule has 15 atom stereocenters. The lowest BCUT2D eigenvalue weighted by Gasteiger charge is -2.53. The number of rotatable bonds is 0. The normalized spacial score (nSPS) is 22.7. The molecule has 0 N–H and O–H groups in total. The van der Waals surface area contributed by atoms with Gasteiger partial charge in [0, 0.05) is 0 Å². The highest BCUT2D eigenvalue weighted by Crippen LogP contribution is 2.81. The summed E-state index contributed by atoms with van der Waals surface area (Å²) in [4.78, 5) is 0. The van der Waals surface area contributed by atoms with Crippen LogP contribution in [-0.4, -0.2) is 0 Å². The lowest BCUT2D eigenvalue weighted by atomic mass is 9.49. The molecular weight excluding hydrogens is 1620 g/mol. The van der Waals surface area contributed by atoms with Gasteiger partial charge >= 0.3 is 0 Å². The van der Waals surface area contributed by atoms with Gasteiger partial charge in [-0.2, -0.15) is 0 Å². The van der Waals surface area contributed by atoms with Crippen LogP contribution in [0.25, 0.3) is 65.7 Å². The van der Waals surface area contributed by atoms with Gasteiger partial charge in [0.15, 0.2) is 0 Å². The van der Waals surface area contributed by atoms with Crippen molar-refractivity contribution in [3.05, 3.63) is 428 Å². The molecule has 3 spiro atoms. The largest absolute Gasteiger partial charge is 0.0776 e. The van der Waals surface area contributed by atoms with E-state index in [0.717, 1.165) is 0 Å². The summed E-state index contributed by atoms with van der Waals surface area (Å²) < 4.78 is 0.